The highest BCUT2D eigenvalue weighted by Crippen LogP contribution is 2.62. The zero-order valence-electron chi connectivity index (χ0n) is 5.64. The SMILES string of the molecule is C=C1C2CC2[N+]12CCC2. The Morgan fingerprint density at radius 2 is 2.22 bits per heavy atom. The first-order valence-corrected chi connectivity index (χ1v) is 3.91. The number of hydrogen-bond acceptors (Lipinski definition) is 0. The van der Waals surface area contributed by atoms with E-state index in [1.807, 2.05) is 0 Å². The van der Waals surface area contributed by atoms with E-state index >= 15 is 0 Å². The van der Waals surface area contributed by atoms with E-state index in [9.17, 15) is 0 Å². The van der Waals surface area contributed by atoms with Crippen LogP contribution in [-0.2, 0) is 0 Å². The summed E-state index contributed by atoms with van der Waals surface area (Å²) in [6.07, 6.45) is 2.92. The molecule has 0 bridgehead atoms. The van der Waals surface area contributed by atoms with Crippen LogP contribution in [0.1, 0.15) is 12.8 Å². The monoisotopic (exact) mass is 122 g/mol. The Bertz CT molecular complexity index is 191. The highest BCUT2D eigenvalue weighted by atomic mass is 15.5. The number of quaternary nitrogens is 1. The van der Waals surface area contributed by atoms with Gasteiger partial charge in [0.2, 0.25) is 0 Å². The molecular formula is C8H12N+. The van der Waals surface area contributed by atoms with E-state index < -0.39 is 0 Å². The highest BCUT2D eigenvalue weighted by molar-refractivity contribution is 5.19. The predicted molar refractivity (Wildman–Crippen MR) is 35.6 cm³/mol. The van der Waals surface area contributed by atoms with E-state index in [4.69, 9.17) is 0 Å². The van der Waals surface area contributed by atoms with Gasteiger partial charge < -0.3 is 0 Å². The van der Waals surface area contributed by atoms with Crippen molar-refractivity contribution < 1.29 is 4.48 Å². The molecule has 2 aliphatic heterocycles. The molecule has 48 valence electrons. The van der Waals surface area contributed by atoms with Crippen LogP contribution in [0.15, 0.2) is 12.3 Å². The van der Waals surface area contributed by atoms with Gasteiger partial charge in [-0.05, 0) is 6.58 Å². The molecule has 2 unspecified atom stereocenters. The smallest absolute Gasteiger partial charge is 0.111 e. The molecule has 1 heteroatoms. The molecule has 0 radical (unpaired) electrons. The van der Waals surface area contributed by atoms with Crippen LogP contribution in [0.2, 0.25) is 0 Å². The predicted octanol–water partition coefficient (Wildman–Crippen LogP) is 1.12. The molecule has 1 aliphatic carbocycles. The Morgan fingerprint density at radius 3 is 2.44 bits per heavy atom. The third-order valence-corrected chi connectivity index (χ3v) is 3.51. The first-order chi connectivity index (χ1) is 4.34. The summed E-state index contributed by atoms with van der Waals surface area (Å²) in [6, 6.07) is 1.06. The van der Waals surface area contributed by atoms with Crippen LogP contribution in [-0.4, -0.2) is 23.6 Å². The average molecular weight is 122 g/mol. The van der Waals surface area contributed by atoms with Gasteiger partial charge in [0.1, 0.15) is 11.7 Å². The summed E-state index contributed by atoms with van der Waals surface area (Å²) in [6.45, 7) is 6.96. The molecule has 1 nitrogen and oxygen atoms in total. The lowest BCUT2D eigenvalue weighted by molar-refractivity contribution is -0.967. The van der Waals surface area contributed by atoms with Crippen molar-refractivity contribution in [1.29, 1.82) is 0 Å². The molecule has 1 saturated carbocycles. The van der Waals surface area contributed by atoms with Crippen LogP contribution in [0.5, 0.6) is 0 Å². The second kappa shape index (κ2) is 0.988. The van der Waals surface area contributed by atoms with Gasteiger partial charge in [0.15, 0.2) is 0 Å². The van der Waals surface area contributed by atoms with E-state index in [-0.39, 0.29) is 0 Å². The van der Waals surface area contributed by atoms with Crippen molar-refractivity contribution in [2.75, 3.05) is 13.1 Å². The number of fused-ring (bicyclic) bond motifs is 2. The Kier molecular flexibility index (Phi) is 0.495. The van der Waals surface area contributed by atoms with Gasteiger partial charge in [-0.1, -0.05) is 0 Å². The molecule has 3 aliphatic rings. The summed E-state index contributed by atoms with van der Waals surface area (Å²) in [7, 11) is 0. The van der Waals surface area contributed by atoms with E-state index in [1.54, 1.807) is 5.70 Å². The molecule has 9 heavy (non-hydrogen) atoms. The first kappa shape index (κ1) is 4.51. The summed E-state index contributed by atoms with van der Waals surface area (Å²) < 4.78 is 1.35. The van der Waals surface area contributed by atoms with Gasteiger partial charge in [-0.25, -0.2) is 0 Å². The Labute approximate surface area is 55.6 Å². The van der Waals surface area contributed by atoms with Crippen LogP contribution in [0.25, 0.3) is 0 Å². The summed E-state index contributed by atoms with van der Waals surface area (Å²) in [5.74, 6) is 0.977. The van der Waals surface area contributed by atoms with Gasteiger partial charge in [-0.2, -0.15) is 0 Å². The van der Waals surface area contributed by atoms with E-state index in [0.717, 1.165) is 12.0 Å². The topological polar surface area (TPSA) is 0 Å². The minimum Gasteiger partial charge on any atom is -0.291 e. The van der Waals surface area contributed by atoms with Crippen molar-refractivity contribution in [3.05, 3.63) is 12.3 Å². The third kappa shape index (κ3) is 0.284. The van der Waals surface area contributed by atoms with E-state index in [0.29, 0.717) is 0 Å². The summed E-state index contributed by atoms with van der Waals surface area (Å²) in [5.41, 5.74) is 1.56. The summed E-state index contributed by atoms with van der Waals surface area (Å²) >= 11 is 0. The number of hydrogen-bond donors (Lipinski definition) is 0. The molecule has 0 aromatic heterocycles. The molecule has 0 N–H and O–H groups in total. The first-order valence-electron chi connectivity index (χ1n) is 3.91. The fraction of sp³-hybridized carbons (Fsp3) is 0.750. The lowest BCUT2D eigenvalue weighted by atomic mass is 9.97. The molecule has 0 aromatic carbocycles. The molecule has 0 aromatic rings. The minimum atomic E-state index is 0.977. The molecule has 1 spiro atoms. The fourth-order valence-electron chi connectivity index (χ4n) is 2.66. The quantitative estimate of drug-likeness (QED) is 0.422. The normalized spacial score (nSPS) is 49.6. The van der Waals surface area contributed by atoms with Crippen molar-refractivity contribution in [1.82, 2.24) is 0 Å². The molecule has 3 rings (SSSR count). The average Bonchev–Trinajstić information content (AvgIpc) is 2.38. The lowest BCUT2D eigenvalue weighted by Crippen LogP contribution is -2.64. The van der Waals surface area contributed by atoms with Crippen molar-refractivity contribution in [3.8, 4) is 0 Å². The van der Waals surface area contributed by atoms with Crippen molar-refractivity contribution >= 4 is 0 Å². The van der Waals surface area contributed by atoms with Gasteiger partial charge in [-0.15, -0.1) is 0 Å². The highest BCUT2D eigenvalue weighted by Gasteiger charge is 2.71. The van der Waals surface area contributed by atoms with Crippen LogP contribution < -0.4 is 0 Å². The molecule has 0 amide bonds. The minimum absolute atomic E-state index is 0.977. The molecule has 2 heterocycles. The maximum atomic E-state index is 4.13. The van der Waals surface area contributed by atoms with Gasteiger partial charge in [0.25, 0.3) is 0 Å². The second-order valence-electron chi connectivity index (χ2n) is 3.74. The largest absolute Gasteiger partial charge is 0.291 e. The number of nitrogens with zero attached hydrogens (tertiary/aromatic N) is 1. The van der Waals surface area contributed by atoms with Crippen molar-refractivity contribution in [2.45, 2.75) is 18.9 Å². The molecular weight excluding hydrogens is 110 g/mol. The van der Waals surface area contributed by atoms with Crippen LogP contribution in [0, 0.1) is 5.92 Å². The summed E-state index contributed by atoms with van der Waals surface area (Å²) in [4.78, 5) is 0. The van der Waals surface area contributed by atoms with Crippen molar-refractivity contribution in [2.24, 2.45) is 5.92 Å². The summed E-state index contributed by atoms with van der Waals surface area (Å²) in [5, 5.41) is 0. The van der Waals surface area contributed by atoms with Crippen molar-refractivity contribution in [3.63, 3.8) is 0 Å². The maximum Gasteiger partial charge on any atom is 0.111 e. The van der Waals surface area contributed by atoms with Gasteiger partial charge in [0.05, 0.1) is 19.0 Å². The standard InChI is InChI=1S/C8H12N/c1-6-7-5-8(7)9(6)3-2-4-9/h7-8H,1-5H2/q+1. The van der Waals surface area contributed by atoms with E-state index in [1.165, 1.54) is 30.4 Å². The molecule has 2 saturated heterocycles. The third-order valence-electron chi connectivity index (χ3n) is 3.51. The Morgan fingerprint density at radius 1 is 1.44 bits per heavy atom. The van der Waals surface area contributed by atoms with Gasteiger partial charge >= 0.3 is 0 Å². The molecule has 3 fully saturated rings. The van der Waals surface area contributed by atoms with Gasteiger partial charge in [0, 0.05) is 12.8 Å². The van der Waals surface area contributed by atoms with Crippen LogP contribution in [0.3, 0.4) is 0 Å². The van der Waals surface area contributed by atoms with E-state index in [2.05, 4.69) is 6.58 Å². The molecule has 2 atom stereocenters. The van der Waals surface area contributed by atoms with Crippen LogP contribution in [0.4, 0.5) is 0 Å². The van der Waals surface area contributed by atoms with Crippen LogP contribution >= 0.6 is 0 Å². The number of rotatable bonds is 0. The zero-order chi connectivity index (χ0) is 6.06. The Balaban J connectivity index is 1.99. The second-order valence-corrected chi connectivity index (χ2v) is 3.74. The maximum absolute atomic E-state index is 4.13. The Hall–Kier alpha value is -0.300. The fourth-order valence-corrected chi connectivity index (χ4v) is 2.66. The lowest BCUT2D eigenvalue weighted by Gasteiger charge is -2.52. The van der Waals surface area contributed by atoms with Gasteiger partial charge in [-0.3, -0.25) is 4.48 Å². The zero-order valence-corrected chi connectivity index (χ0v) is 5.64.